The highest BCUT2D eigenvalue weighted by Crippen LogP contribution is 2.37. The zero-order valence-corrected chi connectivity index (χ0v) is 20.1. The second kappa shape index (κ2) is 9.32. The van der Waals surface area contributed by atoms with Crippen molar-refractivity contribution in [1.82, 2.24) is 14.8 Å². The van der Waals surface area contributed by atoms with Gasteiger partial charge in [0.1, 0.15) is 5.75 Å². The van der Waals surface area contributed by atoms with Crippen LogP contribution in [0.15, 0.2) is 95.5 Å². The molecule has 1 N–H and O–H groups in total. The molecule has 176 valence electrons. The number of anilines is 1. The largest absolute Gasteiger partial charge is 0.454 e. The van der Waals surface area contributed by atoms with E-state index < -0.39 is 15.8 Å². The van der Waals surface area contributed by atoms with Gasteiger partial charge in [-0.05, 0) is 47.5 Å². The van der Waals surface area contributed by atoms with Crippen molar-refractivity contribution >= 4 is 26.5 Å². The number of nitrogens with one attached hydrogen (secondary N) is 1. The molecule has 0 unspecified atom stereocenters. The second-order valence-corrected chi connectivity index (χ2v) is 10.1. The fourth-order valence-corrected chi connectivity index (χ4v) is 5.37. The quantitative estimate of drug-likeness (QED) is 0.295. The van der Waals surface area contributed by atoms with Gasteiger partial charge in [0.2, 0.25) is 0 Å². The van der Waals surface area contributed by atoms with Crippen LogP contribution in [0.5, 0.6) is 11.5 Å². The van der Waals surface area contributed by atoms with Gasteiger partial charge in [0.05, 0.1) is 10.6 Å². The molecule has 0 aliphatic heterocycles. The van der Waals surface area contributed by atoms with E-state index >= 15 is 0 Å². The van der Waals surface area contributed by atoms with Crippen LogP contribution in [-0.4, -0.2) is 23.2 Å². The first-order valence-corrected chi connectivity index (χ1v) is 12.8. The second-order valence-electron chi connectivity index (χ2n) is 7.55. The van der Waals surface area contributed by atoms with E-state index in [2.05, 4.69) is 14.8 Å². The molecular weight excluding hydrogens is 487 g/mol. The summed E-state index contributed by atoms with van der Waals surface area (Å²) in [5.41, 5.74) is 3.48. The summed E-state index contributed by atoms with van der Waals surface area (Å²) in [5.74, 6) is -0.507. The first-order valence-electron chi connectivity index (χ1n) is 10.5. The SMILES string of the molecule is Cn1nccc1-c1cc(-c2ccccc2)ccc1Oc1ccc(S(=O)(=O)Nc2nccs2)cc1F. The maximum absolute atomic E-state index is 15.0. The van der Waals surface area contributed by atoms with Gasteiger partial charge in [-0.1, -0.05) is 36.4 Å². The lowest BCUT2D eigenvalue weighted by Gasteiger charge is -2.15. The molecule has 0 aliphatic carbocycles. The summed E-state index contributed by atoms with van der Waals surface area (Å²) in [6.07, 6.45) is 3.15. The molecular formula is C25H19FN4O3S2. The van der Waals surface area contributed by atoms with Crippen molar-refractivity contribution in [2.45, 2.75) is 4.90 Å². The van der Waals surface area contributed by atoms with Crippen LogP contribution in [-0.2, 0) is 17.1 Å². The first kappa shape index (κ1) is 22.8. The van der Waals surface area contributed by atoms with Crippen molar-refractivity contribution < 1.29 is 17.5 Å². The Morgan fingerprint density at radius 2 is 1.74 bits per heavy atom. The zero-order chi connectivity index (χ0) is 24.4. The number of thiazole rings is 1. The predicted octanol–water partition coefficient (Wildman–Crippen LogP) is 5.94. The Bertz CT molecular complexity index is 1580. The van der Waals surface area contributed by atoms with Crippen molar-refractivity contribution in [3.05, 3.63) is 96.4 Å². The molecule has 5 rings (SSSR count). The van der Waals surface area contributed by atoms with Gasteiger partial charge < -0.3 is 4.74 Å². The number of nitrogens with zero attached hydrogens (tertiary/aromatic N) is 3. The molecule has 0 amide bonds. The molecule has 2 heterocycles. The van der Waals surface area contributed by atoms with Crippen molar-refractivity contribution in [3.63, 3.8) is 0 Å². The summed E-state index contributed by atoms with van der Waals surface area (Å²) >= 11 is 1.13. The topological polar surface area (TPSA) is 86.1 Å². The molecule has 2 aromatic heterocycles. The highest BCUT2D eigenvalue weighted by atomic mass is 32.2. The minimum atomic E-state index is -3.99. The normalized spacial score (nSPS) is 11.4. The average molecular weight is 507 g/mol. The highest BCUT2D eigenvalue weighted by molar-refractivity contribution is 7.93. The van der Waals surface area contributed by atoms with Crippen molar-refractivity contribution in [1.29, 1.82) is 0 Å². The zero-order valence-electron chi connectivity index (χ0n) is 18.4. The monoisotopic (exact) mass is 506 g/mol. The van der Waals surface area contributed by atoms with Crippen LogP contribution < -0.4 is 9.46 Å². The van der Waals surface area contributed by atoms with E-state index in [1.54, 1.807) is 22.3 Å². The summed E-state index contributed by atoms with van der Waals surface area (Å²) in [6.45, 7) is 0. The van der Waals surface area contributed by atoms with E-state index in [1.165, 1.54) is 18.3 Å². The third-order valence-electron chi connectivity index (χ3n) is 5.27. The first-order chi connectivity index (χ1) is 16.9. The summed E-state index contributed by atoms with van der Waals surface area (Å²) in [6, 6.07) is 20.8. The van der Waals surface area contributed by atoms with Gasteiger partial charge in [0.15, 0.2) is 16.7 Å². The van der Waals surface area contributed by atoms with Gasteiger partial charge in [-0.2, -0.15) is 5.10 Å². The van der Waals surface area contributed by atoms with Crippen LogP contribution in [0, 0.1) is 5.82 Å². The maximum Gasteiger partial charge on any atom is 0.263 e. The molecule has 3 aromatic carbocycles. The fraction of sp³-hybridized carbons (Fsp3) is 0.0400. The Morgan fingerprint density at radius 3 is 2.43 bits per heavy atom. The number of halogens is 1. The minimum Gasteiger partial charge on any atom is -0.454 e. The van der Waals surface area contributed by atoms with Crippen LogP contribution in [0.1, 0.15) is 0 Å². The number of sulfonamides is 1. The van der Waals surface area contributed by atoms with Crippen LogP contribution in [0.3, 0.4) is 0 Å². The molecule has 0 saturated heterocycles. The maximum atomic E-state index is 15.0. The smallest absolute Gasteiger partial charge is 0.263 e. The summed E-state index contributed by atoms with van der Waals surface area (Å²) < 4.78 is 50.1. The van der Waals surface area contributed by atoms with E-state index in [0.29, 0.717) is 11.3 Å². The van der Waals surface area contributed by atoms with Gasteiger partial charge in [0.25, 0.3) is 10.0 Å². The van der Waals surface area contributed by atoms with E-state index in [0.717, 1.165) is 34.2 Å². The van der Waals surface area contributed by atoms with Gasteiger partial charge in [-0.25, -0.2) is 17.8 Å². The summed E-state index contributed by atoms with van der Waals surface area (Å²) in [7, 11) is -2.18. The molecule has 7 nitrogen and oxygen atoms in total. The number of ether oxygens (including phenoxy) is 1. The van der Waals surface area contributed by atoms with Gasteiger partial charge >= 0.3 is 0 Å². The number of rotatable bonds is 7. The molecule has 35 heavy (non-hydrogen) atoms. The standard InChI is InChI=1S/C25H19FN4O3S2/c1-30-22(11-12-28-30)20-15-18(17-5-3-2-4-6-17)7-9-23(20)33-24-10-8-19(16-21(24)26)35(31,32)29-25-27-13-14-34-25/h2-16H,1H3,(H,27,29). The van der Waals surface area contributed by atoms with E-state index in [-0.39, 0.29) is 15.8 Å². The number of hydrogen-bond acceptors (Lipinski definition) is 6. The Morgan fingerprint density at radius 1 is 0.943 bits per heavy atom. The lowest BCUT2D eigenvalue weighted by molar-refractivity contribution is 0.442. The third kappa shape index (κ3) is 4.79. The van der Waals surface area contributed by atoms with Gasteiger partial charge in [-0.15, -0.1) is 11.3 Å². The molecule has 0 bridgehead atoms. The van der Waals surface area contributed by atoms with Crippen LogP contribution in [0.2, 0.25) is 0 Å². The fourth-order valence-electron chi connectivity index (χ4n) is 3.57. The Hall–Kier alpha value is -4.02. The lowest BCUT2D eigenvalue weighted by atomic mass is 10.0. The molecule has 5 aromatic rings. The number of hydrogen-bond donors (Lipinski definition) is 1. The minimum absolute atomic E-state index is 0.103. The highest BCUT2D eigenvalue weighted by Gasteiger charge is 2.20. The van der Waals surface area contributed by atoms with Crippen molar-refractivity contribution in [2.75, 3.05) is 4.72 Å². The van der Waals surface area contributed by atoms with Crippen LogP contribution in [0.25, 0.3) is 22.4 Å². The Balaban J connectivity index is 1.49. The molecule has 0 spiro atoms. The molecule has 0 saturated carbocycles. The number of aromatic nitrogens is 3. The number of benzene rings is 3. The Kier molecular flexibility index (Phi) is 6.06. The summed E-state index contributed by atoms with van der Waals surface area (Å²) in [4.78, 5) is 3.66. The Labute approximate surface area is 205 Å². The molecule has 10 heteroatoms. The average Bonchev–Trinajstić information content (AvgIpc) is 3.52. The lowest BCUT2D eigenvalue weighted by Crippen LogP contribution is -2.13. The van der Waals surface area contributed by atoms with Crippen LogP contribution >= 0.6 is 11.3 Å². The predicted molar refractivity (Wildman–Crippen MR) is 133 cm³/mol. The van der Waals surface area contributed by atoms with E-state index in [9.17, 15) is 12.8 Å². The van der Waals surface area contributed by atoms with E-state index in [4.69, 9.17) is 4.74 Å². The molecule has 0 radical (unpaired) electrons. The van der Waals surface area contributed by atoms with Crippen molar-refractivity contribution in [3.8, 4) is 33.9 Å². The number of aryl methyl sites for hydroxylation is 1. The van der Waals surface area contributed by atoms with Crippen LogP contribution in [0.4, 0.5) is 9.52 Å². The molecule has 0 fully saturated rings. The van der Waals surface area contributed by atoms with Gasteiger partial charge in [0, 0.05) is 30.4 Å². The molecule has 0 atom stereocenters. The third-order valence-corrected chi connectivity index (χ3v) is 7.43. The van der Waals surface area contributed by atoms with E-state index in [1.807, 2.05) is 55.6 Å². The van der Waals surface area contributed by atoms with Crippen molar-refractivity contribution in [2.24, 2.45) is 7.05 Å². The summed E-state index contributed by atoms with van der Waals surface area (Å²) in [5, 5.41) is 6.08. The van der Waals surface area contributed by atoms with Gasteiger partial charge in [-0.3, -0.25) is 9.40 Å². The molecule has 0 aliphatic rings.